The van der Waals surface area contributed by atoms with Gasteiger partial charge in [-0.2, -0.15) is 0 Å². The van der Waals surface area contributed by atoms with E-state index in [1.165, 1.54) is 0 Å². The fraction of sp³-hybridized carbons (Fsp3) is 0.455. The first-order valence-corrected chi connectivity index (χ1v) is 9.69. The molecular formula is C22H25O5. The standard InChI is InChI=1S/C22H25O5/c23-20-12-11-18(27-22-6-2-4-14-25-22)15-19(20)16-7-9-17(10-8-16)26-21-5-1-3-13-24-21/h7,9-12,15,21-23H,1-6,13-14H2. The van der Waals surface area contributed by atoms with Crippen molar-refractivity contribution in [2.24, 2.45) is 0 Å². The second-order valence-corrected chi connectivity index (χ2v) is 6.94. The van der Waals surface area contributed by atoms with Crippen molar-refractivity contribution >= 4 is 0 Å². The first-order valence-electron chi connectivity index (χ1n) is 9.69. The van der Waals surface area contributed by atoms with Crippen LogP contribution in [0.3, 0.4) is 0 Å². The van der Waals surface area contributed by atoms with Gasteiger partial charge in [0.05, 0.1) is 13.2 Å². The number of benzene rings is 2. The van der Waals surface area contributed by atoms with Crippen LogP contribution in [0.1, 0.15) is 38.5 Å². The highest BCUT2D eigenvalue weighted by Crippen LogP contribution is 2.34. The summed E-state index contributed by atoms with van der Waals surface area (Å²) < 4.78 is 23.0. The molecule has 2 aliphatic heterocycles. The minimum absolute atomic E-state index is 0.182. The van der Waals surface area contributed by atoms with Crippen molar-refractivity contribution in [1.29, 1.82) is 0 Å². The van der Waals surface area contributed by atoms with Gasteiger partial charge in [-0.3, -0.25) is 0 Å². The molecule has 1 radical (unpaired) electrons. The third-order valence-electron chi connectivity index (χ3n) is 4.85. The number of rotatable bonds is 5. The van der Waals surface area contributed by atoms with Gasteiger partial charge >= 0.3 is 0 Å². The lowest BCUT2D eigenvalue weighted by Gasteiger charge is -2.24. The fourth-order valence-corrected chi connectivity index (χ4v) is 3.37. The minimum Gasteiger partial charge on any atom is -0.507 e. The van der Waals surface area contributed by atoms with Crippen LogP contribution in [0.15, 0.2) is 36.4 Å². The monoisotopic (exact) mass is 369 g/mol. The molecule has 2 saturated heterocycles. The van der Waals surface area contributed by atoms with Crippen LogP contribution in [0.25, 0.3) is 11.1 Å². The highest BCUT2D eigenvalue weighted by atomic mass is 16.7. The van der Waals surface area contributed by atoms with Crippen molar-refractivity contribution in [2.75, 3.05) is 13.2 Å². The van der Waals surface area contributed by atoms with Gasteiger partial charge in [0.2, 0.25) is 0 Å². The van der Waals surface area contributed by atoms with Gasteiger partial charge in [0.1, 0.15) is 17.2 Å². The second kappa shape index (κ2) is 8.63. The van der Waals surface area contributed by atoms with E-state index in [9.17, 15) is 5.11 Å². The molecule has 0 spiro atoms. The number of hydrogen-bond donors (Lipinski definition) is 1. The average Bonchev–Trinajstić information content (AvgIpc) is 2.72. The molecule has 4 rings (SSSR count). The lowest BCUT2D eigenvalue weighted by atomic mass is 10.0. The second-order valence-electron chi connectivity index (χ2n) is 6.94. The highest BCUT2D eigenvalue weighted by Gasteiger charge is 2.17. The van der Waals surface area contributed by atoms with E-state index in [4.69, 9.17) is 18.9 Å². The van der Waals surface area contributed by atoms with E-state index in [0.717, 1.165) is 57.3 Å². The van der Waals surface area contributed by atoms with E-state index in [0.29, 0.717) is 17.1 Å². The average molecular weight is 369 g/mol. The van der Waals surface area contributed by atoms with Crippen LogP contribution in [0, 0.1) is 6.07 Å². The molecular weight excluding hydrogens is 344 g/mol. The summed E-state index contributed by atoms with van der Waals surface area (Å²) in [4.78, 5) is 0. The van der Waals surface area contributed by atoms with E-state index in [1.54, 1.807) is 18.2 Å². The summed E-state index contributed by atoms with van der Waals surface area (Å²) in [5.41, 5.74) is 1.45. The molecule has 2 aromatic carbocycles. The van der Waals surface area contributed by atoms with Gasteiger partial charge < -0.3 is 24.1 Å². The van der Waals surface area contributed by atoms with Crippen molar-refractivity contribution in [1.82, 2.24) is 0 Å². The Kier molecular flexibility index (Phi) is 5.80. The van der Waals surface area contributed by atoms with Crippen LogP contribution >= 0.6 is 0 Å². The van der Waals surface area contributed by atoms with E-state index < -0.39 is 0 Å². The Balaban J connectivity index is 1.45. The molecule has 5 nitrogen and oxygen atoms in total. The summed E-state index contributed by atoms with van der Waals surface area (Å²) in [7, 11) is 0. The van der Waals surface area contributed by atoms with Crippen LogP contribution in [0.4, 0.5) is 0 Å². The topological polar surface area (TPSA) is 57.2 Å². The Morgan fingerprint density at radius 2 is 1.52 bits per heavy atom. The number of hydrogen-bond acceptors (Lipinski definition) is 5. The summed E-state index contributed by atoms with van der Waals surface area (Å²) in [5, 5.41) is 10.3. The molecule has 0 aliphatic carbocycles. The molecule has 2 aliphatic rings. The lowest BCUT2D eigenvalue weighted by Crippen LogP contribution is -2.25. The zero-order valence-corrected chi connectivity index (χ0v) is 15.4. The minimum atomic E-state index is -0.216. The molecule has 0 bridgehead atoms. The smallest absolute Gasteiger partial charge is 0.199 e. The van der Waals surface area contributed by atoms with Gasteiger partial charge in [-0.05, 0) is 73.7 Å². The maximum atomic E-state index is 10.3. The van der Waals surface area contributed by atoms with Gasteiger partial charge in [0.25, 0.3) is 0 Å². The molecule has 2 aromatic rings. The summed E-state index contributed by atoms with van der Waals surface area (Å²) in [5.74, 6) is 1.58. The molecule has 143 valence electrons. The normalized spacial score (nSPS) is 23.0. The van der Waals surface area contributed by atoms with Gasteiger partial charge in [-0.25, -0.2) is 0 Å². The van der Waals surface area contributed by atoms with Gasteiger partial charge in [0.15, 0.2) is 12.6 Å². The molecule has 0 amide bonds. The molecule has 0 saturated carbocycles. The number of phenolic OH excluding ortho intramolecular Hbond substituents is 1. The van der Waals surface area contributed by atoms with Crippen molar-refractivity contribution < 1.29 is 24.1 Å². The first-order chi connectivity index (χ1) is 13.3. The Morgan fingerprint density at radius 1 is 0.852 bits per heavy atom. The van der Waals surface area contributed by atoms with Crippen LogP contribution in [-0.4, -0.2) is 30.9 Å². The summed E-state index contributed by atoms with van der Waals surface area (Å²) in [6, 6.07) is 14.0. The first kappa shape index (κ1) is 18.1. The van der Waals surface area contributed by atoms with E-state index in [-0.39, 0.29) is 18.3 Å². The predicted octanol–water partition coefficient (Wildman–Crippen LogP) is 4.67. The quantitative estimate of drug-likeness (QED) is 0.830. The van der Waals surface area contributed by atoms with Crippen LogP contribution in [0.5, 0.6) is 17.2 Å². The van der Waals surface area contributed by atoms with Crippen LogP contribution in [0.2, 0.25) is 0 Å². The molecule has 2 atom stereocenters. The summed E-state index contributed by atoms with van der Waals surface area (Å²) >= 11 is 0. The Bertz CT molecular complexity index is 731. The van der Waals surface area contributed by atoms with E-state index in [1.807, 2.05) is 18.2 Å². The van der Waals surface area contributed by atoms with Crippen molar-refractivity contribution in [3.8, 4) is 28.4 Å². The largest absolute Gasteiger partial charge is 0.507 e. The third-order valence-corrected chi connectivity index (χ3v) is 4.85. The van der Waals surface area contributed by atoms with Gasteiger partial charge in [0, 0.05) is 18.4 Å². The SMILES string of the molecule is Oc1ccc(OC2CCCCO2)cc1-c1[c]cc(OC2CCCCO2)cc1. The highest BCUT2D eigenvalue weighted by molar-refractivity contribution is 5.71. The zero-order chi connectivity index (χ0) is 18.5. The Labute approximate surface area is 159 Å². The third kappa shape index (κ3) is 4.73. The Morgan fingerprint density at radius 3 is 2.11 bits per heavy atom. The molecule has 1 N–H and O–H groups in total. The molecule has 5 heteroatoms. The van der Waals surface area contributed by atoms with E-state index >= 15 is 0 Å². The van der Waals surface area contributed by atoms with Crippen molar-refractivity contribution in [2.45, 2.75) is 51.1 Å². The van der Waals surface area contributed by atoms with Gasteiger partial charge in [-0.15, -0.1) is 0 Å². The maximum Gasteiger partial charge on any atom is 0.199 e. The molecule has 2 heterocycles. The zero-order valence-electron chi connectivity index (χ0n) is 15.4. The molecule has 27 heavy (non-hydrogen) atoms. The number of phenols is 1. The van der Waals surface area contributed by atoms with Crippen LogP contribution in [-0.2, 0) is 9.47 Å². The molecule has 2 fully saturated rings. The summed E-state index contributed by atoms with van der Waals surface area (Å²) in [6.07, 6.45) is 5.80. The maximum absolute atomic E-state index is 10.3. The van der Waals surface area contributed by atoms with Crippen LogP contribution < -0.4 is 9.47 Å². The van der Waals surface area contributed by atoms with Crippen molar-refractivity contribution in [3.63, 3.8) is 0 Å². The van der Waals surface area contributed by atoms with Gasteiger partial charge in [-0.1, -0.05) is 0 Å². The number of ether oxygens (including phenoxy) is 4. The lowest BCUT2D eigenvalue weighted by molar-refractivity contribution is -0.106. The predicted molar refractivity (Wildman–Crippen MR) is 101 cm³/mol. The molecule has 0 aromatic heterocycles. The summed E-state index contributed by atoms with van der Waals surface area (Å²) in [6.45, 7) is 1.48. The van der Waals surface area contributed by atoms with Crippen molar-refractivity contribution in [3.05, 3.63) is 42.5 Å². The molecule has 2 unspecified atom stereocenters. The number of aromatic hydroxyl groups is 1. The fourth-order valence-electron chi connectivity index (χ4n) is 3.37. The Hall–Kier alpha value is -2.24. The van der Waals surface area contributed by atoms with E-state index in [2.05, 4.69) is 6.07 Å².